The number of fused-ring (bicyclic) bond motifs is 1. The quantitative estimate of drug-likeness (QED) is 0.340. The summed E-state index contributed by atoms with van der Waals surface area (Å²) < 4.78 is 0. The van der Waals surface area contributed by atoms with Crippen molar-refractivity contribution in [2.45, 2.75) is 71.0 Å². The topological polar surface area (TPSA) is 43.7 Å². The van der Waals surface area contributed by atoms with Gasteiger partial charge in [0.05, 0.1) is 12.2 Å². The predicted octanol–water partition coefficient (Wildman–Crippen LogP) is 4.75. The Bertz CT molecular complexity index is 505. The van der Waals surface area contributed by atoms with E-state index in [1.807, 2.05) is 17.8 Å². The molecule has 28 heavy (non-hydrogen) atoms. The second kappa shape index (κ2) is 12.4. The van der Waals surface area contributed by atoms with E-state index in [0.29, 0.717) is 17.8 Å². The molecule has 1 fully saturated rings. The van der Waals surface area contributed by atoms with E-state index in [2.05, 4.69) is 45.0 Å². The van der Waals surface area contributed by atoms with Gasteiger partial charge in [0, 0.05) is 11.7 Å². The highest BCUT2D eigenvalue weighted by Crippen LogP contribution is 2.47. The summed E-state index contributed by atoms with van der Waals surface area (Å²) in [6, 6.07) is 0. The van der Waals surface area contributed by atoms with Crippen LogP contribution in [0.15, 0.2) is 23.8 Å². The second-order valence-electron chi connectivity index (χ2n) is 9.38. The van der Waals surface area contributed by atoms with Crippen molar-refractivity contribution in [2.75, 3.05) is 32.1 Å². The Morgan fingerprint density at radius 1 is 1.32 bits per heavy atom. The van der Waals surface area contributed by atoms with Crippen LogP contribution in [0, 0.1) is 23.7 Å². The molecule has 0 bridgehead atoms. The van der Waals surface area contributed by atoms with Crippen molar-refractivity contribution in [1.82, 2.24) is 4.90 Å². The van der Waals surface area contributed by atoms with Crippen molar-refractivity contribution in [3.63, 3.8) is 0 Å². The van der Waals surface area contributed by atoms with E-state index < -0.39 is 0 Å². The van der Waals surface area contributed by atoms with Crippen molar-refractivity contribution in [2.24, 2.45) is 23.7 Å². The van der Waals surface area contributed by atoms with Crippen molar-refractivity contribution < 1.29 is 10.2 Å². The molecule has 0 unspecified atom stereocenters. The van der Waals surface area contributed by atoms with Crippen LogP contribution in [-0.4, -0.2) is 59.5 Å². The van der Waals surface area contributed by atoms with E-state index in [9.17, 15) is 10.2 Å². The number of nitrogens with zero attached hydrogens (tertiary/aromatic N) is 1. The predicted molar refractivity (Wildman–Crippen MR) is 123 cm³/mol. The third-order valence-electron chi connectivity index (χ3n) is 6.38. The number of aliphatic hydroxyl groups is 2. The summed E-state index contributed by atoms with van der Waals surface area (Å²) >= 11 is 2.05. The molecule has 0 heterocycles. The molecule has 0 aromatic rings. The summed E-state index contributed by atoms with van der Waals surface area (Å²) in [4.78, 5) is 2.25. The summed E-state index contributed by atoms with van der Waals surface area (Å²) in [6.07, 6.45) is 13.7. The summed E-state index contributed by atoms with van der Waals surface area (Å²) in [6.45, 7) is 5.61. The van der Waals surface area contributed by atoms with E-state index >= 15 is 0 Å². The van der Waals surface area contributed by atoms with Crippen LogP contribution in [0.1, 0.15) is 58.8 Å². The third kappa shape index (κ3) is 7.85. The number of unbranched alkanes of at least 4 members (excludes halogenated alkanes) is 1. The minimum Gasteiger partial charge on any atom is -0.392 e. The van der Waals surface area contributed by atoms with Crippen molar-refractivity contribution in [1.29, 1.82) is 0 Å². The molecule has 1 saturated carbocycles. The van der Waals surface area contributed by atoms with E-state index in [1.165, 1.54) is 31.4 Å². The van der Waals surface area contributed by atoms with E-state index in [0.717, 1.165) is 31.6 Å². The monoisotopic (exact) mass is 409 g/mol. The van der Waals surface area contributed by atoms with Gasteiger partial charge >= 0.3 is 0 Å². The van der Waals surface area contributed by atoms with Gasteiger partial charge in [-0.15, -0.1) is 0 Å². The first-order valence-corrected chi connectivity index (χ1v) is 12.5. The molecule has 3 nitrogen and oxygen atoms in total. The van der Waals surface area contributed by atoms with Gasteiger partial charge in [0.25, 0.3) is 0 Å². The Kier molecular flexibility index (Phi) is 10.6. The van der Waals surface area contributed by atoms with Crippen LogP contribution in [0.3, 0.4) is 0 Å². The molecule has 0 aliphatic heterocycles. The molecular weight excluding hydrogens is 366 g/mol. The smallest absolute Gasteiger partial charge is 0.0723 e. The van der Waals surface area contributed by atoms with Gasteiger partial charge in [0.2, 0.25) is 0 Å². The fourth-order valence-corrected chi connectivity index (χ4v) is 5.77. The number of hydrogen-bond donors (Lipinski definition) is 2. The molecule has 2 rings (SSSR count). The molecule has 2 N–H and O–H groups in total. The van der Waals surface area contributed by atoms with Crippen molar-refractivity contribution >= 4 is 11.8 Å². The maximum absolute atomic E-state index is 10.5. The number of thioether (sulfide) groups is 1. The zero-order chi connectivity index (χ0) is 20.5. The highest BCUT2D eigenvalue weighted by atomic mass is 32.2. The van der Waals surface area contributed by atoms with Gasteiger partial charge in [-0.1, -0.05) is 56.9 Å². The average molecular weight is 410 g/mol. The maximum Gasteiger partial charge on any atom is 0.0723 e. The minimum atomic E-state index is -0.376. The largest absolute Gasteiger partial charge is 0.392 e. The molecule has 0 spiro atoms. The van der Waals surface area contributed by atoms with E-state index in [1.54, 1.807) is 5.57 Å². The fraction of sp³-hybridized carbons (Fsp3) is 0.833. The summed E-state index contributed by atoms with van der Waals surface area (Å²) in [7, 11) is 4.26. The third-order valence-corrected chi connectivity index (χ3v) is 7.53. The van der Waals surface area contributed by atoms with Gasteiger partial charge < -0.3 is 15.1 Å². The number of aliphatic hydroxyl groups excluding tert-OH is 2. The summed E-state index contributed by atoms with van der Waals surface area (Å²) in [5, 5.41) is 20.9. The number of rotatable bonds is 13. The molecule has 0 aromatic carbocycles. The normalized spacial score (nSPS) is 29.5. The van der Waals surface area contributed by atoms with E-state index in [-0.39, 0.29) is 18.1 Å². The molecule has 6 atom stereocenters. The molecule has 0 amide bonds. The average Bonchev–Trinajstić information content (AvgIpc) is 3.14. The van der Waals surface area contributed by atoms with Crippen molar-refractivity contribution in [3.05, 3.63) is 23.8 Å². The van der Waals surface area contributed by atoms with Crippen LogP contribution < -0.4 is 0 Å². The first-order chi connectivity index (χ1) is 13.4. The number of allylic oxidation sites excluding steroid dienone is 1. The van der Waals surface area contributed by atoms with Gasteiger partial charge in [-0.05, 0) is 69.8 Å². The van der Waals surface area contributed by atoms with Crippen LogP contribution in [-0.2, 0) is 0 Å². The van der Waals surface area contributed by atoms with Gasteiger partial charge in [-0.2, -0.15) is 11.8 Å². The van der Waals surface area contributed by atoms with Crippen LogP contribution in [0.2, 0.25) is 0 Å². The second-order valence-corrected chi connectivity index (χ2v) is 10.5. The zero-order valence-corrected chi connectivity index (χ0v) is 19.3. The molecule has 4 heteroatoms. The molecule has 0 saturated heterocycles. The molecule has 2 aliphatic rings. The van der Waals surface area contributed by atoms with Gasteiger partial charge in [-0.25, -0.2) is 0 Å². The zero-order valence-electron chi connectivity index (χ0n) is 18.5. The lowest BCUT2D eigenvalue weighted by Crippen LogP contribution is -2.18. The van der Waals surface area contributed by atoms with Gasteiger partial charge in [-0.3, -0.25) is 0 Å². The lowest BCUT2D eigenvalue weighted by atomic mass is 9.88. The van der Waals surface area contributed by atoms with Crippen LogP contribution in [0.5, 0.6) is 0 Å². The summed E-state index contributed by atoms with van der Waals surface area (Å²) in [5.74, 6) is 4.20. The molecule has 162 valence electrons. The Morgan fingerprint density at radius 3 is 2.82 bits per heavy atom. The van der Waals surface area contributed by atoms with Crippen LogP contribution in [0.4, 0.5) is 0 Å². The number of hydrogen-bond acceptors (Lipinski definition) is 4. The first-order valence-electron chi connectivity index (χ1n) is 11.4. The minimum absolute atomic E-state index is 0.207. The Labute approximate surface area is 177 Å². The highest BCUT2D eigenvalue weighted by Gasteiger charge is 2.43. The van der Waals surface area contributed by atoms with Crippen LogP contribution >= 0.6 is 11.8 Å². The first kappa shape index (κ1) is 24.0. The SMILES string of the molecule is CCCC[C@H](C)C[C@H](O)/C=C/[C@@H]1[C@H]2CC(CSCCCN(C)C)=C[C@H]2C[C@H]1O. The Hall–Kier alpha value is -0.290. The maximum atomic E-state index is 10.5. The summed E-state index contributed by atoms with van der Waals surface area (Å²) in [5.41, 5.74) is 1.57. The molecular formula is C24H43NO2S. The van der Waals surface area contributed by atoms with Crippen molar-refractivity contribution in [3.8, 4) is 0 Å². The standard InChI is InChI=1S/C24H43NO2S/c1-5-6-8-18(2)13-21(26)9-10-22-23-15-19(14-20(23)16-24(22)27)17-28-12-7-11-25(3)4/h9-10,14,18,20-24,26-27H,5-8,11-13,15-17H2,1-4H3/b10-9+/t18-,20-,21+,22+,23-,24+/m0/s1. The Balaban J connectivity index is 1.75. The van der Waals surface area contributed by atoms with Gasteiger partial charge in [0.15, 0.2) is 0 Å². The molecule has 0 aromatic heterocycles. The highest BCUT2D eigenvalue weighted by molar-refractivity contribution is 7.99. The Morgan fingerprint density at radius 2 is 2.11 bits per heavy atom. The van der Waals surface area contributed by atoms with Gasteiger partial charge in [0.1, 0.15) is 0 Å². The molecule has 0 radical (unpaired) electrons. The van der Waals surface area contributed by atoms with Crippen LogP contribution in [0.25, 0.3) is 0 Å². The lowest BCUT2D eigenvalue weighted by molar-refractivity contribution is 0.139. The lowest BCUT2D eigenvalue weighted by Gasteiger charge is -2.19. The molecule has 2 aliphatic carbocycles. The van der Waals surface area contributed by atoms with E-state index in [4.69, 9.17) is 0 Å². The fourth-order valence-electron chi connectivity index (χ4n) is 4.82.